The summed E-state index contributed by atoms with van der Waals surface area (Å²) in [7, 11) is 0. The summed E-state index contributed by atoms with van der Waals surface area (Å²) in [6.45, 7) is 4.58. The van der Waals surface area contributed by atoms with Crippen molar-refractivity contribution in [3.05, 3.63) is 46.3 Å². The first-order valence-electron chi connectivity index (χ1n) is 7.81. The lowest BCUT2D eigenvalue weighted by Gasteiger charge is -2.23. The van der Waals surface area contributed by atoms with Crippen LogP contribution in [0, 0.1) is 6.92 Å². The first-order valence-corrected chi connectivity index (χ1v) is 8.62. The maximum absolute atomic E-state index is 4.58. The molecule has 3 aromatic rings. The third-order valence-electron chi connectivity index (χ3n) is 3.83. The van der Waals surface area contributed by atoms with Crippen LogP contribution in [0.2, 0.25) is 0 Å². The van der Waals surface area contributed by atoms with Gasteiger partial charge in [-0.2, -0.15) is 0 Å². The molecule has 0 saturated carbocycles. The number of hydrogen-bond acceptors (Lipinski definition) is 8. The van der Waals surface area contributed by atoms with Crippen molar-refractivity contribution >= 4 is 17.2 Å². The summed E-state index contributed by atoms with van der Waals surface area (Å²) in [5, 5.41) is 17.2. The maximum atomic E-state index is 4.58. The quantitative estimate of drug-likeness (QED) is 0.735. The van der Waals surface area contributed by atoms with E-state index < -0.39 is 0 Å². The SMILES string of the molecule is Cc1cc(NCc2nnc(C3CNC3)s2)nc(-c2ccncc2)n1. The fourth-order valence-electron chi connectivity index (χ4n) is 2.42. The van der Waals surface area contributed by atoms with Crippen molar-refractivity contribution in [3.63, 3.8) is 0 Å². The predicted molar refractivity (Wildman–Crippen MR) is 92.8 cm³/mol. The summed E-state index contributed by atoms with van der Waals surface area (Å²) < 4.78 is 0. The van der Waals surface area contributed by atoms with Gasteiger partial charge in [0.25, 0.3) is 0 Å². The Hall–Kier alpha value is -2.45. The van der Waals surface area contributed by atoms with Gasteiger partial charge < -0.3 is 10.6 Å². The van der Waals surface area contributed by atoms with Crippen molar-refractivity contribution in [2.45, 2.75) is 19.4 Å². The fourth-order valence-corrected chi connectivity index (χ4v) is 3.30. The Labute approximate surface area is 143 Å². The number of rotatable bonds is 5. The maximum Gasteiger partial charge on any atom is 0.161 e. The zero-order valence-electron chi connectivity index (χ0n) is 13.2. The Balaban J connectivity index is 1.48. The summed E-state index contributed by atoms with van der Waals surface area (Å²) in [5.41, 5.74) is 1.87. The molecular weight excluding hydrogens is 322 g/mol. The van der Waals surface area contributed by atoms with Gasteiger partial charge in [-0.3, -0.25) is 4.98 Å². The van der Waals surface area contributed by atoms with Gasteiger partial charge in [-0.1, -0.05) is 11.3 Å². The van der Waals surface area contributed by atoms with Crippen LogP contribution in [0.4, 0.5) is 5.82 Å². The smallest absolute Gasteiger partial charge is 0.161 e. The van der Waals surface area contributed by atoms with E-state index in [1.54, 1.807) is 23.7 Å². The first kappa shape index (κ1) is 15.1. The Bertz CT molecular complexity index is 829. The minimum Gasteiger partial charge on any atom is -0.363 e. The number of anilines is 1. The van der Waals surface area contributed by atoms with Gasteiger partial charge in [-0.25, -0.2) is 9.97 Å². The molecule has 1 aliphatic heterocycles. The molecule has 8 heteroatoms. The van der Waals surface area contributed by atoms with Crippen molar-refractivity contribution in [1.29, 1.82) is 0 Å². The minimum absolute atomic E-state index is 0.524. The van der Waals surface area contributed by atoms with Crippen molar-refractivity contribution in [2.75, 3.05) is 18.4 Å². The van der Waals surface area contributed by atoms with Gasteiger partial charge in [-0.15, -0.1) is 10.2 Å². The van der Waals surface area contributed by atoms with Gasteiger partial charge in [-0.05, 0) is 19.1 Å². The van der Waals surface area contributed by atoms with Gasteiger partial charge >= 0.3 is 0 Å². The zero-order chi connectivity index (χ0) is 16.4. The highest BCUT2D eigenvalue weighted by Gasteiger charge is 2.22. The molecule has 122 valence electrons. The van der Waals surface area contributed by atoms with Crippen LogP contribution in [0.1, 0.15) is 21.6 Å². The van der Waals surface area contributed by atoms with Crippen molar-refractivity contribution in [3.8, 4) is 11.4 Å². The Morgan fingerprint density at radius 1 is 1.21 bits per heavy atom. The summed E-state index contributed by atoms with van der Waals surface area (Å²) in [4.78, 5) is 13.1. The number of pyridine rings is 1. The molecule has 24 heavy (non-hydrogen) atoms. The molecular formula is C16H17N7S. The van der Waals surface area contributed by atoms with E-state index in [1.165, 1.54) is 0 Å². The van der Waals surface area contributed by atoms with Gasteiger partial charge in [0.2, 0.25) is 0 Å². The Kier molecular flexibility index (Phi) is 4.14. The number of aryl methyl sites for hydroxylation is 1. The molecule has 0 radical (unpaired) electrons. The van der Waals surface area contributed by atoms with Crippen LogP contribution in [0.5, 0.6) is 0 Å². The molecule has 4 heterocycles. The van der Waals surface area contributed by atoms with E-state index in [9.17, 15) is 0 Å². The molecule has 0 aliphatic carbocycles. The number of nitrogens with one attached hydrogen (secondary N) is 2. The Morgan fingerprint density at radius 3 is 2.79 bits per heavy atom. The molecule has 4 rings (SSSR count). The molecule has 3 aromatic heterocycles. The summed E-state index contributed by atoms with van der Waals surface area (Å²) in [6, 6.07) is 5.74. The minimum atomic E-state index is 0.524. The normalized spacial score (nSPS) is 14.4. The van der Waals surface area contributed by atoms with Gasteiger partial charge in [0, 0.05) is 48.7 Å². The highest BCUT2D eigenvalue weighted by atomic mass is 32.1. The van der Waals surface area contributed by atoms with Crippen LogP contribution in [-0.2, 0) is 6.54 Å². The number of aromatic nitrogens is 5. The molecule has 0 atom stereocenters. The summed E-state index contributed by atoms with van der Waals surface area (Å²) >= 11 is 1.66. The van der Waals surface area contributed by atoms with E-state index in [1.807, 2.05) is 25.1 Å². The van der Waals surface area contributed by atoms with Crippen LogP contribution >= 0.6 is 11.3 Å². The topological polar surface area (TPSA) is 88.5 Å². The van der Waals surface area contributed by atoms with Crippen molar-refractivity contribution in [1.82, 2.24) is 30.5 Å². The van der Waals surface area contributed by atoms with Gasteiger partial charge in [0.1, 0.15) is 15.8 Å². The molecule has 0 amide bonds. The van der Waals surface area contributed by atoms with Gasteiger partial charge in [0.15, 0.2) is 5.82 Å². The van der Waals surface area contributed by atoms with Crippen molar-refractivity contribution in [2.24, 2.45) is 0 Å². The molecule has 2 N–H and O–H groups in total. The first-order chi connectivity index (χ1) is 11.8. The molecule has 0 spiro atoms. The molecule has 1 aliphatic rings. The molecule has 0 aromatic carbocycles. The lowest BCUT2D eigenvalue weighted by Crippen LogP contribution is -2.39. The van der Waals surface area contributed by atoms with E-state index in [4.69, 9.17) is 0 Å². The average molecular weight is 339 g/mol. The van der Waals surface area contributed by atoms with E-state index in [0.29, 0.717) is 18.3 Å². The van der Waals surface area contributed by atoms with Crippen LogP contribution in [0.25, 0.3) is 11.4 Å². The third kappa shape index (κ3) is 3.24. The highest BCUT2D eigenvalue weighted by Crippen LogP contribution is 2.24. The molecule has 7 nitrogen and oxygen atoms in total. The summed E-state index contributed by atoms with van der Waals surface area (Å²) in [6.07, 6.45) is 3.48. The van der Waals surface area contributed by atoms with Gasteiger partial charge in [0.05, 0.1) is 6.54 Å². The number of nitrogens with zero attached hydrogens (tertiary/aromatic N) is 5. The third-order valence-corrected chi connectivity index (χ3v) is 4.91. The molecule has 0 bridgehead atoms. The van der Waals surface area contributed by atoms with E-state index >= 15 is 0 Å². The van der Waals surface area contributed by atoms with Crippen LogP contribution in [0.3, 0.4) is 0 Å². The fraction of sp³-hybridized carbons (Fsp3) is 0.312. The van der Waals surface area contributed by atoms with E-state index in [-0.39, 0.29) is 0 Å². The van der Waals surface area contributed by atoms with Crippen molar-refractivity contribution < 1.29 is 0 Å². The predicted octanol–water partition coefficient (Wildman–Crippen LogP) is 2.00. The monoisotopic (exact) mass is 339 g/mol. The number of hydrogen-bond donors (Lipinski definition) is 2. The van der Waals surface area contributed by atoms with E-state index in [2.05, 4.69) is 35.8 Å². The second-order valence-corrected chi connectivity index (χ2v) is 6.79. The lowest BCUT2D eigenvalue weighted by molar-refractivity contribution is 0.444. The zero-order valence-corrected chi connectivity index (χ0v) is 14.0. The average Bonchev–Trinajstić information content (AvgIpc) is 3.00. The molecule has 1 fully saturated rings. The second-order valence-electron chi connectivity index (χ2n) is 5.70. The molecule has 1 saturated heterocycles. The van der Waals surface area contributed by atoms with Crippen LogP contribution < -0.4 is 10.6 Å². The second kappa shape index (κ2) is 6.58. The lowest BCUT2D eigenvalue weighted by atomic mass is 10.1. The standard InChI is InChI=1S/C16H17N7S/c1-10-6-13(21-15(20-10)11-2-4-17-5-3-11)19-9-14-22-23-16(24-14)12-7-18-8-12/h2-6,12,18H,7-9H2,1H3,(H,19,20,21). The Morgan fingerprint density at radius 2 is 2.04 bits per heavy atom. The summed E-state index contributed by atoms with van der Waals surface area (Å²) in [5.74, 6) is 2.01. The van der Waals surface area contributed by atoms with Crippen LogP contribution in [0.15, 0.2) is 30.6 Å². The molecule has 0 unspecified atom stereocenters. The van der Waals surface area contributed by atoms with Crippen LogP contribution in [-0.4, -0.2) is 38.2 Å². The van der Waals surface area contributed by atoms with E-state index in [0.717, 1.165) is 40.2 Å². The largest absolute Gasteiger partial charge is 0.363 e. The highest BCUT2D eigenvalue weighted by molar-refractivity contribution is 7.11.